The van der Waals surface area contributed by atoms with Gasteiger partial charge in [0.25, 0.3) is 0 Å². The van der Waals surface area contributed by atoms with Crippen LogP contribution in [-0.4, -0.2) is 4.98 Å². The van der Waals surface area contributed by atoms with Crippen LogP contribution in [0.4, 0.5) is 0 Å². The number of para-hydroxylation sites is 1. The van der Waals surface area contributed by atoms with E-state index in [2.05, 4.69) is 4.98 Å². The predicted octanol–water partition coefficient (Wildman–Crippen LogP) is 4.52. The number of rotatable bonds is 2. The molecule has 1 aromatic heterocycles. The smallest absolute Gasteiger partial charge is 0.219 e. The number of nitrogens with zero attached hydrogens (tertiary/aromatic N) is 1. The molecular weight excluding hydrogens is 210 g/mol. The van der Waals surface area contributed by atoms with Crippen LogP contribution in [0.15, 0.2) is 42.5 Å². The minimum Gasteiger partial charge on any atom is -0.439 e. The fourth-order valence-electron chi connectivity index (χ4n) is 1.47. The molecule has 2 aromatic rings. The van der Waals surface area contributed by atoms with Crippen molar-refractivity contribution in [1.82, 2.24) is 4.98 Å². The molecule has 0 atom stereocenters. The summed E-state index contributed by atoms with van der Waals surface area (Å²) in [4.78, 5) is 4.31. The van der Waals surface area contributed by atoms with Gasteiger partial charge in [0, 0.05) is 11.8 Å². The molecule has 0 radical (unpaired) electrons. The van der Waals surface area contributed by atoms with Crippen LogP contribution in [0.2, 0.25) is 0 Å². The van der Waals surface area contributed by atoms with Crippen molar-refractivity contribution in [2.75, 3.05) is 0 Å². The molecule has 0 bridgehead atoms. The second-order valence-corrected chi connectivity index (χ2v) is 3.54. The maximum absolute atomic E-state index is 5.63. The highest BCUT2D eigenvalue weighted by atomic mass is 16.5. The van der Waals surface area contributed by atoms with Crippen molar-refractivity contribution in [2.24, 2.45) is 0 Å². The standard InChI is InChI=1S/C13H13NO.C2H6/c1-10-8-11(2)14-13(9-10)15-12-6-4-3-5-7-12;1-2/h3-9H,1-2H3;1-2H3. The highest BCUT2D eigenvalue weighted by molar-refractivity contribution is 5.29. The molecular formula is C15H19NO. The van der Waals surface area contributed by atoms with Crippen LogP contribution in [0, 0.1) is 13.8 Å². The van der Waals surface area contributed by atoms with Crippen LogP contribution in [0.25, 0.3) is 0 Å². The SMILES string of the molecule is CC.Cc1cc(C)nc(Oc2ccccc2)c1. The summed E-state index contributed by atoms with van der Waals surface area (Å²) in [5, 5.41) is 0. The minimum atomic E-state index is 0.652. The quantitative estimate of drug-likeness (QED) is 0.755. The summed E-state index contributed by atoms with van der Waals surface area (Å²) >= 11 is 0. The van der Waals surface area contributed by atoms with E-state index in [9.17, 15) is 0 Å². The molecule has 0 saturated heterocycles. The van der Waals surface area contributed by atoms with E-state index in [1.54, 1.807) is 0 Å². The maximum Gasteiger partial charge on any atom is 0.219 e. The van der Waals surface area contributed by atoms with E-state index in [0.29, 0.717) is 5.88 Å². The Kier molecular flexibility index (Phi) is 5.21. The summed E-state index contributed by atoms with van der Waals surface area (Å²) in [7, 11) is 0. The third kappa shape index (κ3) is 4.27. The van der Waals surface area contributed by atoms with Gasteiger partial charge < -0.3 is 4.74 Å². The molecule has 2 heteroatoms. The fourth-order valence-corrected chi connectivity index (χ4v) is 1.47. The highest BCUT2D eigenvalue weighted by Gasteiger charge is 1.99. The van der Waals surface area contributed by atoms with E-state index in [0.717, 1.165) is 17.0 Å². The Morgan fingerprint density at radius 2 is 1.59 bits per heavy atom. The summed E-state index contributed by atoms with van der Waals surface area (Å²) in [6.45, 7) is 8.00. The molecule has 0 N–H and O–H groups in total. The Labute approximate surface area is 103 Å². The largest absolute Gasteiger partial charge is 0.439 e. The average molecular weight is 229 g/mol. The van der Waals surface area contributed by atoms with E-state index >= 15 is 0 Å². The van der Waals surface area contributed by atoms with Gasteiger partial charge in [0.05, 0.1) is 0 Å². The van der Waals surface area contributed by atoms with Gasteiger partial charge in [-0.1, -0.05) is 32.0 Å². The van der Waals surface area contributed by atoms with Crippen LogP contribution in [-0.2, 0) is 0 Å². The second kappa shape index (κ2) is 6.69. The molecule has 0 aliphatic rings. The zero-order valence-corrected chi connectivity index (χ0v) is 10.9. The first-order valence-corrected chi connectivity index (χ1v) is 5.92. The van der Waals surface area contributed by atoms with Crippen molar-refractivity contribution in [1.29, 1.82) is 0 Å². The number of ether oxygens (including phenoxy) is 1. The van der Waals surface area contributed by atoms with Gasteiger partial charge in [-0.2, -0.15) is 0 Å². The van der Waals surface area contributed by atoms with Crippen molar-refractivity contribution in [3.8, 4) is 11.6 Å². The van der Waals surface area contributed by atoms with E-state index < -0.39 is 0 Å². The minimum absolute atomic E-state index is 0.652. The number of hydrogen-bond donors (Lipinski definition) is 0. The van der Waals surface area contributed by atoms with Gasteiger partial charge in [-0.25, -0.2) is 4.98 Å². The first kappa shape index (κ1) is 13.2. The van der Waals surface area contributed by atoms with Crippen LogP contribution in [0.5, 0.6) is 11.6 Å². The molecule has 0 aliphatic heterocycles. The maximum atomic E-state index is 5.63. The molecule has 0 fully saturated rings. The monoisotopic (exact) mass is 229 g/mol. The normalized spacial score (nSPS) is 9.18. The summed E-state index contributed by atoms with van der Waals surface area (Å²) in [6, 6.07) is 13.6. The van der Waals surface area contributed by atoms with Gasteiger partial charge in [0.15, 0.2) is 0 Å². The van der Waals surface area contributed by atoms with Gasteiger partial charge in [0.1, 0.15) is 5.75 Å². The topological polar surface area (TPSA) is 22.1 Å². The first-order chi connectivity index (χ1) is 8.24. The lowest BCUT2D eigenvalue weighted by Crippen LogP contribution is -1.90. The molecule has 17 heavy (non-hydrogen) atoms. The third-order valence-electron chi connectivity index (χ3n) is 2.04. The second-order valence-electron chi connectivity index (χ2n) is 3.54. The van der Waals surface area contributed by atoms with Gasteiger partial charge in [-0.05, 0) is 37.6 Å². The van der Waals surface area contributed by atoms with E-state index in [1.165, 1.54) is 0 Å². The number of pyridine rings is 1. The van der Waals surface area contributed by atoms with Crippen molar-refractivity contribution < 1.29 is 4.74 Å². The summed E-state index contributed by atoms with van der Waals surface area (Å²) in [6.07, 6.45) is 0. The number of aryl methyl sites for hydroxylation is 2. The molecule has 0 spiro atoms. The Balaban J connectivity index is 0.000000686. The molecule has 90 valence electrons. The first-order valence-electron chi connectivity index (χ1n) is 5.92. The summed E-state index contributed by atoms with van der Waals surface area (Å²) in [5.41, 5.74) is 2.13. The molecule has 0 aliphatic carbocycles. The lowest BCUT2D eigenvalue weighted by molar-refractivity contribution is 0.461. The predicted molar refractivity (Wildman–Crippen MR) is 71.6 cm³/mol. The van der Waals surface area contributed by atoms with Crippen molar-refractivity contribution in [3.05, 3.63) is 53.7 Å². The Bertz CT molecular complexity index is 431. The zero-order valence-electron chi connectivity index (χ0n) is 10.9. The average Bonchev–Trinajstić information content (AvgIpc) is 2.31. The van der Waals surface area contributed by atoms with Gasteiger partial charge in [-0.3, -0.25) is 0 Å². The Morgan fingerprint density at radius 1 is 0.941 bits per heavy atom. The lowest BCUT2D eigenvalue weighted by atomic mass is 10.2. The van der Waals surface area contributed by atoms with Crippen LogP contribution >= 0.6 is 0 Å². The number of benzene rings is 1. The van der Waals surface area contributed by atoms with Gasteiger partial charge in [0.2, 0.25) is 5.88 Å². The highest BCUT2D eigenvalue weighted by Crippen LogP contribution is 2.19. The summed E-state index contributed by atoms with van der Waals surface area (Å²) in [5.74, 6) is 1.47. The molecule has 0 amide bonds. The Hall–Kier alpha value is -1.83. The molecule has 1 heterocycles. The lowest BCUT2D eigenvalue weighted by Gasteiger charge is -2.05. The molecule has 2 nitrogen and oxygen atoms in total. The fraction of sp³-hybridized carbons (Fsp3) is 0.267. The molecule has 0 unspecified atom stereocenters. The van der Waals surface area contributed by atoms with E-state index in [-0.39, 0.29) is 0 Å². The molecule has 0 saturated carbocycles. The third-order valence-corrected chi connectivity index (χ3v) is 2.04. The van der Waals surface area contributed by atoms with Gasteiger partial charge >= 0.3 is 0 Å². The number of hydrogen-bond acceptors (Lipinski definition) is 2. The van der Waals surface area contributed by atoms with E-state index in [4.69, 9.17) is 4.74 Å². The molecule has 2 rings (SSSR count). The zero-order chi connectivity index (χ0) is 12.7. The number of aromatic nitrogens is 1. The van der Waals surface area contributed by atoms with Crippen molar-refractivity contribution in [2.45, 2.75) is 27.7 Å². The van der Waals surface area contributed by atoms with E-state index in [1.807, 2.05) is 70.2 Å². The van der Waals surface area contributed by atoms with Crippen LogP contribution < -0.4 is 4.74 Å². The van der Waals surface area contributed by atoms with Gasteiger partial charge in [-0.15, -0.1) is 0 Å². The summed E-state index contributed by atoms with van der Waals surface area (Å²) < 4.78 is 5.63. The van der Waals surface area contributed by atoms with Crippen LogP contribution in [0.3, 0.4) is 0 Å². The van der Waals surface area contributed by atoms with Crippen molar-refractivity contribution in [3.63, 3.8) is 0 Å². The van der Waals surface area contributed by atoms with Crippen molar-refractivity contribution >= 4 is 0 Å². The molecule has 1 aromatic carbocycles. The Morgan fingerprint density at radius 3 is 2.18 bits per heavy atom. The van der Waals surface area contributed by atoms with Crippen LogP contribution in [0.1, 0.15) is 25.1 Å².